The molecular weight excluding hydrogens is 486 g/mol. The van der Waals surface area contributed by atoms with Gasteiger partial charge in [0.25, 0.3) is 11.2 Å². The van der Waals surface area contributed by atoms with Gasteiger partial charge in [-0.15, -0.1) is 0 Å². The number of hydrogen-bond acceptors (Lipinski definition) is 9. The van der Waals surface area contributed by atoms with Gasteiger partial charge in [-0.25, -0.2) is 4.79 Å². The minimum absolute atomic E-state index is 0.000872. The first-order valence-electron chi connectivity index (χ1n) is 11.6. The van der Waals surface area contributed by atoms with Crippen LogP contribution in [0, 0.1) is 27.4 Å². The van der Waals surface area contributed by atoms with Crippen molar-refractivity contribution in [2.45, 2.75) is 51.7 Å². The number of aromatic nitrogens is 2. The number of rotatable bonds is 8. The van der Waals surface area contributed by atoms with Gasteiger partial charge in [-0.1, -0.05) is 32.6 Å². The summed E-state index contributed by atoms with van der Waals surface area (Å²) in [6.45, 7) is 5.54. The number of aromatic amines is 1. The Labute approximate surface area is 213 Å². The van der Waals surface area contributed by atoms with Crippen molar-refractivity contribution in [1.82, 2.24) is 9.55 Å². The van der Waals surface area contributed by atoms with E-state index in [-0.39, 0.29) is 41.9 Å². The Bertz CT molecular complexity index is 1300. The summed E-state index contributed by atoms with van der Waals surface area (Å²) in [5.74, 6) is 5.53. The summed E-state index contributed by atoms with van der Waals surface area (Å²) in [5.41, 5.74) is -1.82. The topological polar surface area (TPSA) is 166 Å². The Morgan fingerprint density at radius 3 is 2.65 bits per heavy atom. The predicted molar refractivity (Wildman–Crippen MR) is 132 cm³/mol. The normalized spacial score (nSPS) is 20.3. The molecule has 12 nitrogen and oxygen atoms in total. The number of nitro groups is 1. The highest BCUT2D eigenvalue weighted by molar-refractivity contribution is 5.51. The summed E-state index contributed by atoms with van der Waals surface area (Å²) in [5, 5.41) is 31.5. The molecule has 1 saturated heterocycles. The van der Waals surface area contributed by atoms with E-state index in [9.17, 15) is 29.9 Å². The van der Waals surface area contributed by atoms with Crippen molar-refractivity contribution in [3.05, 3.63) is 72.0 Å². The van der Waals surface area contributed by atoms with Crippen LogP contribution in [-0.2, 0) is 14.2 Å². The van der Waals surface area contributed by atoms with Gasteiger partial charge in [0.05, 0.1) is 35.4 Å². The van der Waals surface area contributed by atoms with Gasteiger partial charge in [0, 0.05) is 31.4 Å². The lowest BCUT2D eigenvalue weighted by molar-refractivity contribution is -0.386. The van der Waals surface area contributed by atoms with Gasteiger partial charge in [-0.2, -0.15) is 0 Å². The van der Waals surface area contributed by atoms with E-state index in [1.807, 2.05) is 20.8 Å². The molecule has 0 bridgehead atoms. The molecule has 0 saturated carbocycles. The fourth-order valence-electron chi connectivity index (χ4n) is 3.84. The molecule has 4 atom stereocenters. The second-order valence-electron chi connectivity index (χ2n) is 9.88. The summed E-state index contributed by atoms with van der Waals surface area (Å²) in [4.78, 5) is 39.2. The molecular formula is C25H31N3O9. The van der Waals surface area contributed by atoms with Gasteiger partial charge >= 0.3 is 5.69 Å². The Hall–Kier alpha value is -3.34. The van der Waals surface area contributed by atoms with Crippen LogP contribution in [0.1, 0.15) is 56.2 Å². The van der Waals surface area contributed by atoms with Gasteiger partial charge in [-0.3, -0.25) is 24.5 Å². The number of aliphatic hydroxyl groups is 2. The molecule has 2 heterocycles. The van der Waals surface area contributed by atoms with E-state index in [0.29, 0.717) is 5.56 Å². The lowest BCUT2D eigenvalue weighted by Gasteiger charge is -2.25. The standard InChI is InChI=1S/C25H31N3O9/c1-25(2,3)14-36-22(16-8-7-15(6-5-9-35-4)10-18(16)28(33)34)17-12-27(24(32)26-23(17)31)21-11-19(30)20(13-29)37-21/h7-8,10,12,19-22,29-30H,9,11,13-14H2,1-4H3,(H,26,31,32)/t19-,20+,21+,22?/m0/s1. The van der Waals surface area contributed by atoms with Gasteiger partial charge in [0.15, 0.2) is 0 Å². The fraction of sp³-hybridized carbons (Fsp3) is 0.520. The largest absolute Gasteiger partial charge is 0.394 e. The number of hydrogen-bond donors (Lipinski definition) is 3. The van der Waals surface area contributed by atoms with Crippen molar-refractivity contribution in [3.8, 4) is 11.8 Å². The third kappa shape index (κ3) is 6.91. The van der Waals surface area contributed by atoms with E-state index in [1.165, 1.54) is 25.4 Å². The second-order valence-corrected chi connectivity index (χ2v) is 9.88. The highest BCUT2D eigenvalue weighted by Gasteiger charge is 2.36. The third-order valence-electron chi connectivity index (χ3n) is 5.61. The van der Waals surface area contributed by atoms with E-state index in [0.717, 1.165) is 4.57 Å². The molecule has 1 aliphatic rings. The molecule has 1 unspecified atom stereocenters. The molecule has 3 rings (SSSR count). The first-order chi connectivity index (χ1) is 17.4. The van der Waals surface area contributed by atoms with Crippen LogP contribution in [0.4, 0.5) is 5.69 Å². The van der Waals surface area contributed by atoms with E-state index in [1.54, 1.807) is 6.07 Å². The Kier molecular flexibility index (Phi) is 9.01. The molecule has 0 aliphatic carbocycles. The lowest BCUT2D eigenvalue weighted by atomic mass is 9.96. The van der Waals surface area contributed by atoms with E-state index in [2.05, 4.69) is 16.8 Å². The maximum absolute atomic E-state index is 13.0. The Morgan fingerprint density at radius 1 is 1.32 bits per heavy atom. The van der Waals surface area contributed by atoms with Crippen molar-refractivity contribution in [2.75, 3.05) is 26.9 Å². The van der Waals surface area contributed by atoms with Crippen molar-refractivity contribution in [2.24, 2.45) is 5.41 Å². The van der Waals surface area contributed by atoms with Crippen molar-refractivity contribution < 1.29 is 29.3 Å². The van der Waals surface area contributed by atoms with Crippen LogP contribution in [0.2, 0.25) is 0 Å². The Morgan fingerprint density at radius 2 is 2.05 bits per heavy atom. The van der Waals surface area contributed by atoms with Gasteiger partial charge in [-0.05, 0) is 17.5 Å². The molecule has 0 amide bonds. The van der Waals surface area contributed by atoms with Gasteiger partial charge in [0.2, 0.25) is 0 Å². The monoisotopic (exact) mass is 517 g/mol. The van der Waals surface area contributed by atoms with Gasteiger partial charge in [0.1, 0.15) is 25.0 Å². The number of nitro benzene ring substituents is 1. The molecule has 0 spiro atoms. The zero-order valence-corrected chi connectivity index (χ0v) is 21.1. The third-order valence-corrected chi connectivity index (χ3v) is 5.61. The quantitative estimate of drug-likeness (QED) is 0.265. The first-order valence-corrected chi connectivity index (χ1v) is 11.6. The Balaban J connectivity index is 2.14. The van der Waals surface area contributed by atoms with Crippen LogP contribution >= 0.6 is 0 Å². The van der Waals surface area contributed by atoms with Crippen molar-refractivity contribution in [1.29, 1.82) is 0 Å². The average molecular weight is 518 g/mol. The number of nitrogens with one attached hydrogen (secondary N) is 1. The minimum Gasteiger partial charge on any atom is -0.394 e. The van der Waals surface area contributed by atoms with Crippen LogP contribution in [-0.4, -0.2) is 63.8 Å². The lowest BCUT2D eigenvalue weighted by Crippen LogP contribution is -2.36. The van der Waals surface area contributed by atoms with Crippen molar-refractivity contribution >= 4 is 5.69 Å². The van der Waals surface area contributed by atoms with Gasteiger partial charge < -0.3 is 24.4 Å². The van der Waals surface area contributed by atoms with Crippen LogP contribution in [0.15, 0.2) is 34.0 Å². The summed E-state index contributed by atoms with van der Waals surface area (Å²) in [6.07, 6.45) is -2.87. The second kappa shape index (κ2) is 11.8. The van der Waals surface area contributed by atoms with Crippen LogP contribution in [0.3, 0.4) is 0 Å². The maximum Gasteiger partial charge on any atom is 0.330 e. The first kappa shape index (κ1) is 28.2. The van der Waals surface area contributed by atoms with E-state index < -0.39 is 47.3 Å². The van der Waals surface area contributed by atoms with E-state index >= 15 is 0 Å². The van der Waals surface area contributed by atoms with Crippen molar-refractivity contribution in [3.63, 3.8) is 0 Å². The summed E-state index contributed by atoms with van der Waals surface area (Å²) in [7, 11) is 1.48. The number of methoxy groups -OCH3 is 1. The van der Waals surface area contributed by atoms with Crippen LogP contribution in [0.5, 0.6) is 0 Å². The molecule has 3 N–H and O–H groups in total. The highest BCUT2D eigenvalue weighted by atomic mass is 16.6. The number of aliphatic hydroxyl groups excluding tert-OH is 2. The number of H-pyrrole nitrogens is 1. The highest BCUT2D eigenvalue weighted by Crippen LogP contribution is 2.34. The van der Waals surface area contributed by atoms with Crippen LogP contribution in [0.25, 0.3) is 0 Å². The molecule has 12 heteroatoms. The summed E-state index contributed by atoms with van der Waals surface area (Å²) in [6, 6.07) is 4.33. The van der Waals surface area contributed by atoms with Crippen LogP contribution < -0.4 is 11.2 Å². The number of nitrogens with zero attached hydrogens (tertiary/aromatic N) is 2. The molecule has 2 aromatic rings. The minimum atomic E-state index is -1.21. The number of benzene rings is 1. The molecule has 0 radical (unpaired) electrons. The average Bonchev–Trinajstić information content (AvgIpc) is 3.20. The zero-order valence-electron chi connectivity index (χ0n) is 21.1. The van der Waals surface area contributed by atoms with E-state index in [4.69, 9.17) is 14.2 Å². The molecule has 1 fully saturated rings. The fourth-order valence-corrected chi connectivity index (χ4v) is 3.84. The SMILES string of the molecule is COCC#Cc1ccc(C(OCC(C)(C)C)c2cn([C@H]3C[C@H](O)[C@@H](CO)O3)c(=O)[nH]c2=O)c([N+](=O)[O-])c1. The molecule has 1 aromatic carbocycles. The summed E-state index contributed by atoms with van der Waals surface area (Å²) < 4.78 is 17.6. The molecule has 37 heavy (non-hydrogen) atoms. The smallest absolute Gasteiger partial charge is 0.330 e. The summed E-state index contributed by atoms with van der Waals surface area (Å²) >= 11 is 0. The maximum atomic E-state index is 13.0. The molecule has 200 valence electrons. The molecule has 1 aromatic heterocycles. The molecule has 1 aliphatic heterocycles. The number of ether oxygens (including phenoxy) is 3. The predicted octanol–water partition coefficient (Wildman–Crippen LogP) is 1.24. The zero-order chi connectivity index (χ0) is 27.3.